The van der Waals surface area contributed by atoms with Crippen LogP contribution in [0.2, 0.25) is 0 Å². The third kappa shape index (κ3) is 3.17. The number of benzene rings is 2. The number of phenolic OH excluding ortho intramolecular Hbond substituents is 1. The first kappa shape index (κ1) is 14.5. The van der Waals surface area contributed by atoms with E-state index in [0.717, 1.165) is 17.7 Å². The zero-order valence-corrected chi connectivity index (χ0v) is 11.1. The lowest BCUT2D eigenvalue weighted by molar-refractivity contribution is 0.0691. The Bertz CT molecular complexity index is 728. The van der Waals surface area contributed by atoms with Gasteiger partial charge in [-0.15, -0.1) is 0 Å². The first-order valence-corrected chi connectivity index (χ1v) is 6.02. The van der Waals surface area contributed by atoms with Gasteiger partial charge < -0.3 is 15.5 Å². The fourth-order valence-corrected chi connectivity index (χ4v) is 1.80. The Hall–Kier alpha value is -2.89. The number of carboxylic acid groups (broad SMARTS) is 1. The van der Waals surface area contributed by atoms with E-state index in [0.29, 0.717) is 0 Å². The van der Waals surface area contributed by atoms with Gasteiger partial charge in [0.05, 0.1) is 11.1 Å². The van der Waals surface area contributed by atoms with E-state index in [2.05, 4.69) is 5.32 Å². The van der Waals surface area contributed by atoms with Crippen molar-refractivity contribution in [2.24, 2.45) is 0 Å². The maximum Gasteiger partial charge on any atom is 0.338 e. The van der Waals surface area contributed by atoms with Gasteiger partial charge in [0, 0.05) is 5.69 Å². The van der Waals surface area contributed by atoms with Crippen LogP contribution < -0.4 is 5.32 Å². The minimum atomic E-state index is -1.39. The second kappa shape index (κ2) is 5.62. The van der Waals surface area contributed by atoms with Gasteiger partial charge in [-0.05, 0) is 42.8 Å². The number of carbonyl (C=O) groups excluding carboxylic acids is 1. The molecule has 0 aromatic heterocycles. The Morgan fingerprint density at radius 3 is 2.33 bits per heavy atom. The minimum absolute atomic E-state index is 0.0447. The van der Waals surface area contributed by atoms with E-state index < -0.39 is 23.3 Å². The predicted octanol–water partition coefficient (Wildman–Crippen LogP) is 2.79. The number of halogens is 1. The maximum absolute atomic E-state index is 13.5. The summed E-state index contributed by atoms with van der Waals surface area (Å²) in [7, 11) is 0. The van der Waals surface area contributed by atoms with Crippen molar-refractivity contribution in [1.29, 1.82) is 0 Å². The molecule has 0 saturated heterocycles. The fraction of sp³-hybridized carbons (Fsp3) is 0.0667. The van der Waals surface area contributed by atoms with Crippen molar-refractivity contribution in [3.8, 4) is 5.75 Å². The number of aromatic hydroxyl groups is 1. The molecule has 0 radical (unpaired) electrons. The van der Waals surface area contributed by atoms with E-state index in [1.165, 1.54) is 18.2 Å². The number of hydrogen-bond donors (Lipinski definition) is 3. The van der Waals surface area contributed by atoms with Gasteiger partial charge in [0.15, 0.2) is 0 Å². The van der Waals surface area contributed by atoms with Crippen LogP contribution in [0.5, 0.6) is 5.75 Å². The number of hydrogen-bond acceptors (Lipinski definition) is 3. The van der Waals surface area contributed by atoms with Crippen molar-refractivity contribution in [1.82, 2.24) is 0 Å². The molecule has 6 heteroatoms. The van der Waals surface area contributed by atoms with Crippen molar-refractivity contribution in [2.75, 3.05) is 5.32 Å². The first-order chi connectivity index (χ1) is 9.88. The molecule has 2 aromatic rings. The first-order valence-electron chi connectivity index (χ1n) is 6.02. The summed E-state index contributed by atoms with van der Waals surface area (Å²) in [4.78, 5) is 22.7. The Morgan fingerprint density at radius 2 is 1.76 bits per heavy atom. The normalized spacial score (nSPS) is 10.2. The van der Waals surface area contributed by atoms with E-state index in [1.54, 1.807) is 13.0 Å². The molecular formula is C15H12FNO4. The molecule has 0 aliphatic heterocycles. The number of phenols is 1. The molecule has 1 amide bonds. The summed E-state index contributed by atoms with van der Waals surface area (Å²) >= 11 is 0. The third-order valence-electron chi connectivity index (χ3n) is 2.86. The molecule has 2 aromatic carbocycles. The van der Waals surface area contributed by atoms with Crippen LogP contribution >= 0.6 is 0 Å². The second-order valence-corrected chi connectivity index (χ2v) is 4.47. The molecule has 3 N–H and O–H groups in total. The van der Waals surface area contributed by atoms with Gasteiger partial charge in [0.25, 0.3) is 5.91 Å². The van der Waals surface area contributed by atoms with E-state index in [9.17, 15) is 19.1 Å². The van der Waals surface area contributed by atoms with Crippen LogP contribution in [0.1, 0.15) is 26.3 Å². The van der Waals surface area contributed by atoms with Gasteiger partial charge in [0.1, 0.15) is 11.6 Å². The van der Waals surface area contributed by atoms with Crippen molar-refractivity contribution < 1.29 is 24.2 Å². The molecule has 0 atom stereocenters. The molecule has 21 heavy (non-hydrogen) atoms. The van der Waals surface area contributed by atoms with Crippen molar-refractivity contribution >= 4 is 17.6 Å². The van der Waals surface area contributed by atoms with Crippen LogP contribution in [0.4, 0.5) is 10.1 Å². The monoisotopic (exact) mass is 289 g/mol. The summed E-state index contributed by atoms with van der Waals surface area (Å²) < 4.78 is 13.5. The van der Waals surface area contributed by atoms with Gasteiger partial charge in [-0.1, -0.05) is 6.07 Å². The molecule has 108 valence electrons. The second-order valence-electron chi connectivity index (χ2n) is 4.47. The Balaban J connectivity index is 2.23. The Kier molecular flexibility index (Phi) is 3.89. The molecule has 5 nitrogen and oxygen atoms in total. The average molecular weight is 289 g/mol. The van der Waals surface area contributed by atoms with Gasteiger partial charge in [0.2, 0.25) is 0 Å². The topological polar surface area (TPSA) is 86.6 Å². The summed E-state index contributed by atoms with van der Waals surface area (Å²) in [5.41, 5.74) is 0.456. The maximum atomic E-state index is 13.5. The SMILES string of the molecule is Cc1ccc(C(=O)Nc2ccc(C(=O)O)c(F)c2)c(O)c1. The highest BCUT2D eigenvalue weighted by Crippen LogP contribution is 2.21. The highest BCUT2D eigenvalue weighted by Gasteiger charge is 2.14. The standard InChI is InChI=1S/C15H12FNO4/c1-8-2-4-11(13(18)6-8)14(19)17-9-3-5-10(15(20)21)12(16)7-9/h2-7,18H,1H3,(H,17,19)(H,20,21). The molecule has 0 saturated carbocycles. The van der Waals surface area contributed by atoms with Crippen molar-refractivity contribution in [3.05, 3.63) is 58.9 Å². The van der Waals surface area contributed by atoms with Crippen LogP contribution in [0.25, 0.3) is 0 Å². The summed E-state index contributed by atoms with van der Waals surface area (Å²) in [6.07, 6.45) is 0. The van der Waals surface area contributed by atoms with Crippen LogP contribution in [0.3, 0.4) is 0 Å². The minimum Gasteiger partial charge on any atom is -0.507 e. The highest BCUT2D eigenvalue weighted by atomic mass is 19.1. The molecule has 0 heterocycles. The van der Waals surface area contributed by atoms with Gasteiger partial charge >= 0.3 is 5.97 Å². The summed E-state index contributed by atoms with van der Waals surface area (Å²) in [5, 5.41) is 20.8. The largest absolute Gasteiger partial charge is 0.507 e. The number of anilines is 1. The molecule has 0 unspecified atom stereocenters. The number of amides is 1. The zero-order chi connectivity index (χ0) is 15.6. The lowest BCUT2D eigenvalue weighted by atomic mass is 10.1. The molecule has 0 aliphatic carbocycles. The lowest BCUT2D eigenvalue weighted by Gasteiger charge is -2.08. The smallest absolute Gasteiger partial charge is 0.338 e. The van der Waals surface area contributed by atoms with Crippen LogP contribution in [0, 0.1) is 12.7 Å². The third-order valence-corrected chi connectivity index (χ3v) is 2.86. The number of nitrogens with one attached hydrogen (secondary N) is 1. The number of aryl methyl sites for hydroxylation is 1. The molecule has 0 bridgehead atoms. The quantitative estimate of drug-likeness (QED) is 0.811. The van der Waals surface area contributed by atoms with Crippen LogP contribution in [-0.2, 0) is 0 Å². The molecule has 0 fully saturated rings. The van der Waals surface area contributed by atoms with E-state index in [-0.39, 0.29) is 17.0 Å². The molecule has 2 rings (SSSR count). The average Bonchev–Trinajstić information content (AvgIpc) is 2.37. The highest BCUT2D eigenvalue weighted by molar-refractivity contribution is 6.06. The van der Waals surface area contributed by atoms with Crippen molar-refractivity contribution in [3.63, 3.8) is 0 Å². The van der Waals surface area contributed by atoms with E-state index in [1.807, 2.05) is 0 Å². The Morgan fingerprint density at radius 1 is 1.10 bits per heavy atom. The zero-order valence-electron chi connectivity index (χ0n) is 11.1. The van der Waals surface area contributed by atoms with Crippen molar-refractivity contribution in [2.45, 2.75) is 6.92 Å². The number of rotatable bonds is 3. The molecule has 0 aliphatic rings. The number of carboxylic acids is 1. The molecular weight excluding hydrogens is 277 g/mol. The van der Waals surface area contributed by atoms with E-state index >= 15 is 0 Å². The lowest BCUT2D eigenvalue weighted by Crippen LogP contribution is -2.13. The van der Waals surface area contributed by atoms with Crippen LogP contribution in [0.15, 0.2) is 36.4 Å². The summed E-state index contributed by atoms with van der Waals surface area (Å²) in [6.45, 7) is 1.77. The number of aromatic carboxylic acids is 1. The van der Waals surface area contributed by atoms with Gasteiger partial charge in [-0.3, -0.25) is 4.79 Å². The predicted molar refractivity (Wildman–Crippen MR) is 74.2 cm³/mol. The Labute approximate surface area is 119 Å². The fourth-order valence-electron chi connectivity index (χ4n) is 1.80. The summed E-state index contributed by atoms with van der Waals surface area (Å²) in [6, 6.07) is 7.78. The summed E-state index contributed by atoms with van der Waals surface area (Å²) in [5.74, 6) is -3.14. The van der Waals surface area contributed by atoms with Gasteiger partial charge in [-0.2, -0.15) is 0 Å². The van der Waals surface area contributed by atoms with Gasteiger partial charge in [-0.25, -0.2) is 9.18 Å². The molecule has 0 spiro atoms. The van der Waals surface area contributed by atoms with E-state index in [4.69, 9.17) is 5.11 Å². The number of carbonyl (C=O) groups is 2. The van der Waals surface area contributed by atoms with Crippen LogP contribution in [-0.4, -0.2) is 22.1 Å².